The third-order valence-corrected chi connectivity index (χ3v) is 6.12. The minimum atomic E-state index is 0.220. The van der Waals surface area contributed by atoms with E-state index < -0.39 is 0 Å². The highest BCUT2D eigenvalue weighted by molar-refractivity contribution is 5.53. The molecule has 2 aliphatic rings. The van der Waals surface area contributed by atoms with Crippen molar-refractivity contribution in [3.63, 3.8) is 0 Å². The van der Waals surface area contributed by atoms with E-state index in [-0.39, 0.29) is 5.75 Å². The van der Waals surface area contributed by atoms with Crippen LogP contribution in [0.4, 0.5) is 0 Å². The molecule has 4 rings (SSSR count). The number of nitrogens with zero attached hydrogens (tertiary/aromatic N) is 1. The minimum absolute atomic E-state index is 0.220. The topological polar surface area (TPSA) is 47.9 Å². The van der Waals surface area contributed by atoms with Crippen LogP contribution in [-0.2, 0) is 19.4 Å². The number of quaternary nitrogens is 1. The summed E-state index contributed by atoms with van der Waals surface area (Å²) in [6, 6.07) is 8.36. The van der Waals surface area contributed by atoms with Gasteiger partial charge in [-0.15, -0.1) is 0 Å². The van der Waals surface area contributed by atoms with Crippen LogP contribution in [0.2, 0.25) is 0 Å². The van der Waals surface area contributed by atoms with E-state index in [4.69, 9.17) is 14.2 Å². The third-order valence-electron chi connectivity index (χ3n) is 6.12. The number of fused-ring (bicyclic) bond motifs is 4. The minimum Gasteiger partial charge on any atom is -0.504 e. The maximum absolute atomic E-state index is 10.3. The second kappa shape index (κ2) is 6.09. The molecule has 0 saturated heterocycles. The van der Waals surface area contributed by atoms with Gasteiger partial charge in [0, 0.05) is 18.4 Å². The lowest BCUT2D eigenvalue weighted by Crippen LogP contribution is -2.53. The van der Waals surface area contributed by atoms with Gasteiger partial charge in [0.2, 0.25) is 0 Å². The second-order valence-electron chi connectivity index (χ2n) is 7.49. The number of methoxy groups -OCH3 is 3. The van der Waals surface area contributed by atoms with Crippen molar-refractivity contribution in [2.75, 3.05) is 34.9 Å². The van der Waals surface area contributed by atoms with Crippen molar-refractivity contribution in [2.24, 2.45) is 0 Å². The summed E-state index contributed by atoms with van der Waals surface area (Å²) < 4.78 is 17.4. The fraction of sp³-hybridized carbons (Fsp3) is 0.429. The van der Waals surface area contributed by atoms with Gasteiger partial charge in [0.15, 0.2) is 23.0 Å². The molecule has 2 atom stereocenters. The number of rotatable bonds is 3. The van der Waals surface area contributed by atoms with Crippen LogP contribution in [-0.4, -0.2) is 44.5 Å². The van der Waals surface area contributed by atoms with Crippen molar-refractivity contribution in [3.8, 4) is 23.0 Å². The molecule has 26 heavy (non-hydrogen) atoms. The van der Waals surface area contributed by atoms with Crippen molar-refractivity contribution in [1.29, 1.82) is 0 Å². The highest BCUT2D eigenvalue weighted by atomic mass is 16.5. The Morgan fingerprint density at radius 3 is 2.46 bits per heavy atom. The number of hydrogen-bond acceptors (Lipinski definition) is 4. The van der Waals surface area contributed by atoms with Crippen LogP contribution < -0.4 is 14.2 Å². The standard InChI is InChI=1S/C21H25NO4/c1-22-8-7-14-10-20(25-3)18(23)11-15(14)17(22)9-13-5-6-19(24-2)21(26-4)16(13)12-22/h5-6,10-11,17H,7-9,12H2,1-4H3/p+1. The predicted octanol–water partition coefficient (Wildman–Crippen LogP) is 3.22. The van der Waals surface area contributed by atoms with Gasteiger partial charge in [0.1, 0.15) is 12.6 Å². The van der Waals surface area contributed by atoms with Gasteiger partial charge in [0.25, 0.3) is 0 Å². The molecule has 0 aliphatic carbocycles. The maximum atomic E-state index is 10.3. The van der Waals surface area contributed by atoms with Crippen LogP contribution in [0.1, 0.15) is 28.3 Å². The summed E-state index contributed by atoms with van der Waals surface area (Å²) in [4.78, 5) is 0. The number of aromatic hydroxyl groups is 1. The van der Waals surface area contributed by atoms with E-state index in [1.165, 1.54) is 22.3 Å². The molecular weight excluding hydrogens is 330 g/mol. The van der Waals surface area contributed by atoms with Crippen LogP contribution in [0.15, 0.2) is 24.3 Å². The summed E-state index contributed by atoms with van der Waals surface area (Å²) in [6.45, 7) is 1.94. The van der Waals surface area contributed by atoms with Crippen LogP contribution >= 0.6 is 0 Å². The highest BCUT2D eigenvalue weighted by Gasteiger charge is 2.44. The smallest absolute Gasteiger partial charge is 0.169 e. The van der Waals surface area contributed by atoms with E-state index in [1.807, 2.05) is 18.2 Å². The van der Waals surface area contributed by atoms with E-state index in [0.717, 1.165) is 41.9 Å². The summed E-state index contributed by atoms with van der Waals surface area (Å²) in [7, 11) is 7.29. The lowest BCUT2D eigenvalue weighted by Gasteiger charge is -2.49. The number of ether oxygens (including phenoxy) is 3. The number of phenols is 1. The lowest BCUT2D eigenvalue weighted by atomic mass is 9.81. The summed E-state index contributed by atoms with van der Waals surface area (Å²) in [5, 5.41) is 10.3. The number of benzene rings is 2. The van der Waals surface area contributed by atoms with Crippen molar-refractivity contribution in [3.05, 3.63) is 46.5 Å². The Morgan fingerprint density at radius 1 is 1.00 bits per heavy atom. The molecule has 2 unspecified atom stereocenters. The Hall–Kier alpha value is -2.40. The fourth-order valence-corrected chi connectivity index (χ4v) is 4.67. The Balaban J connectivity index is 1.82. The van der Waals surface area contributed by atoms with Crippen LogP contribution in [0.3, 0.4) is 0 Å². The number of phenolic OH excluding ortho intramolecular Hbond substituents is 1. The molecule has 0 fully saturated rings. The summed E-state index contributed by atoms with van der Waals surface area (Å²) >= 11 is 0. The quantitative estimate of drug-likeness (QED) is 0.858. The van der Waals surface area contributed by atoms with Crippen LogP contribution in [0.25, 0.3) is 0 Å². The molecule has 5 heteroatoms. The van der Waals surface area contributed by atoms with Gasteiger partial charge in [-0.25, -0.2) is 0 Å². The first-order valence-electron chi connectivity index (χ1n) is 8.97. The SMILES string of the molecule is COc1cc2c(cc1O)C1Cc3ccc(OC)c(OC)c3C[N+]1(C)CC2. The van der Waals surface area contributed by atoms with E-state index in [0.29, 0.717) is 11.8 Å². The molecule has 1 N–H and O–H groups in total. The summed E-state index contributed by atoms with van der Waals surface area (Å²) in [6.07, 6.45) is 1.89. The Bertz CT molecular complexity index is 864. The molecule has 0 saturated carbocycles. The third kappa shape index (κ3) is 2.42. The first-order chi connectivity index (χ1) is 12.5. The van der Waals surface area contributed by atoms with Crippen molar-refractivity contribution in [2.45, 2.75) is 25.4 Å². The summed E-state index contributed by atoms with van der Waals surface area (Å²) in [5.74, 6) is 2.42. The normalized spacial score (nSPS) is 23.5. The zero-order valence-corrected chi connectivity index (χ0v) is 15.8. The zero-order chi connectivity index (χ0) is 18.5. The second-order valence-corrected chi connectivity index (χ2v) is 7.49. The molecule has 5 nitrogen and oxygen atoms in total. The fourth-order valence-electron chi connectivity index (χ4n) is 4.67. The monoisotopic (exact) mass is 356 g/mol. The average molecular weight is 356 g/mol. The van der Waals surface area contributed by atoms with E-state index >= 15 is 0 Å². The Morgan fingerprint density at radius 2 is 1.77 bits per heavy atom. The van der Waals surface area contributed by atoms with E-state index in [9.17, 15) is 5.11 Å². The van der Waals surface area contributed by atoms with Crippen molar-refractivity contribution in [1.82, 2.24) is 0 Å². The van der Waals surface area contributed by atoms with Crippen molar-refractivity contribution < 1.29 is 23.8 Å². The van der Waals surface area contributed by atoms with Gasteiger partial charge in [-0.2, -0.15) is 0 Å². The molecule has 0 spiro atoms. The van der Waals surface area contributed by atoms with Gasteiger partial charge in [0.05, 0.1) is 40.5 Å². The highest BCUT2D eigenvalue weighted by Crippen LogP contribution is 2.48. The first-order valence-corrected chi connectivity index (χ1v) is 8.97. The molecule has 2 aromatic carbocycles. The zero-order valence-electron chi connectivity index (χ0n) is 15.8. The molecule has 0 aromatic heterocycles. The largest absolute Gasteiger partial charge is 0.504 e. The molecule has 0 radical (unpaired) electrons. The molecule has 0 bridgehead atoms. The lowest BCUT2D eigenvalue weighted by molar-refractivity contribution is -0.956. The van der Waals surface area contributed by atoms with Gasteiger partial charge in [-0.05, 0) is 29.3 Å². The van der Waals surface area contributed by atoms with Crippen LogP contribution in [0, 0.1) is 0 Å². The van der Waals surface area contributed by atoms with Gasteiger partial charge in [-0.3, -0.25) is 0 Å². The van der Waals surface area contributed by atoms with Gasteiger partial charge in [-0.1, -0.05) is 6.07 Å². The Labute approximate surface area is 154 Å². The van der Waals surface area contributed by atoms with Crippen molar-refractivity contribution >= 4 is 0 Å². The maximum Gasteiger partial charge on any atom is 0.169 e. The van der Waals surface area contributed by atoms with Gasteiger partial charge >= 0.3 is 0 Å². The number of likely N-dealkylation sites (N-methyl/N-ethyl adjacent to an activating group) is 1. The molecule has 0 amide bonds. The Kier molecular flexibility index (Phi) is 3.99. The summed E-state index contributed by atoms with van der Waals surface area (Å²) in [5.41, 5.74) is 5.06. The molecular formula is C21H26NO4+. The molecule has 138 valence electrons. The predicted molar refractivity (Wildman–Crippen MR) is 99.1 cm³/mol. The molecule has 2 aliphatic heterocycles. The first kappa shape index (κ1) is 17.0. The molecule has 2 heterocycles. The van der Waals surface area contributed by atoms with E-state index in [1.54, 1.807) is 21.3 Å². The average Bonchev–Trinajstić information content (AvgIpc) is 2.65. The molecule has 2 aromatic rings. The van der Waals surface area contributed by atoms with E-state index in [2.05, 4.69) is 13.1 Å². The number of hydrogen-bond donors (Lipinski definition) is 1. The van der Waals surface area contributed by atoms with Crippen LogP contribution in [0.5, 0.6) is 23.0 Å². The van der Waals surface area contributed by atoms with Gasteiger partial charge < -0.3 is 23.8 Å².